The molecule has 6 heteroatoms. The molecule has 0 spiro atoms. The van der Waals surface area contributed by atoms with E-state index in [1.807, 2.05) is 0 Å². The summed E-state index contributed by atoms with van der Waals surface area (Å²) < 4.78 is 0. The van der Waals surface area contributed by atoms with E-state index in [4.69, 9.17) is 10.2 Å². The van der Waals surface area contributed by atoms with E-state index in [2.05, 4.69) is 14.9 Å². The first-order chi connectivity index (χ1) is 8.22. The fourth-order valence-electron chi connectivity index (χ4n) is 1.81. The quantitative estimate of drug-likeness (QED) is 0.731. The minimum atomic E-state index is -1.01. The molecule has 0 saturated heterocycles. The van der Waals surface area contributed by atoms with Gasteiger partial charge in [0.2, 0.25) is 0 Å². The van der Waals surface area contributed by atoms with Crippen LogP contribution in [0.4, 0.5) is 0 Å². The van der Waals surface area contributed by atoms with Crippen LogP contribution in [-0.2, 0) is 6.54 Å². The summed E-state index contributed by atoms with van der Waals surface area (Å²) >= 11 is 0. The zero-order valence-electron chi connectivity index (χ0n) is 9.41. The molecule has 0 atom stereocenters. The standard InChI is InChI=1S/C11H15N3O3/c15-4-3-14(8-1-2-8)6-10-9(11(16)17)5-12-7-13-10/h5,7-8,15H,1-4,6H2,(H,16,17). The summed E-state index contributed by atoms with van der Waals surface area (Å²) in [6.45, 7) is 1.08. The third-order valence-electron chi connectivity index (χ3n) is 2.83. The molecule has 1 aromatic rings. The van der Waals surface area contributed by atoms with Crippen LogP contribution in [0.5, 0.6) is 0 Å². The topological polar surface area (TPSA) is 86.5 Å². The molecule has 1 saturated carbocycles. The molecular formula is C11H15N3O3. The van der Waals surface area contributed by atoms with Crippen LogP contribution in [-0.4, -0.2) is 50.2 Å². The van der Waals surface area contributed by atoms with Crippen LogP contribution in [0.25, 0.3) is 0 Å². The van der Waals surface area contributed by atoms with E-state index in [0.717, 1.165) is 12.8 Å². The number of carboxylic acid groups (broad SMARTS) is 1. The summed E-state index contributed by atoms with van der Waals surface area (Å²) in [5.41, 5.74) is 0.643. The highest BCUT2D eigenvalue weighted by molar-refractivity contribution is 5.88. The molecule has 1 heterocycles. The van der Waals surface area contributed by atoms with E-state index in [1.165, 1.54) is 12.5 Å². The second-order valence-corrected chi connectivity index (χ2v) is 4.11. The Balaban J connectivity index is 2.13. The Labute approximate surface area is 98.9 Å². The predicted molar refractivity (Wildman–Crippen MR) is 59.5 cm³/mol. The van der Waals surface area contributed by atoms with Crippen LogP contribution >= 0.6 is 0 Å². The van der Waals surface area contributed by atoms with E-state index in [-0.39, 0.29) is 12.2 Å². The molecular weight excluding hydrogens is 222 g/mol. The number of rotatable bonds is 6. The van der Waals surface area contributed by atoms with Crippen molar-refractivity contribution in [3.05, 3.63) is 23.8 Å². The summed E-state index contributed by atoms with van der Waals surface area (Å²) in [5.74, 6) is -1.01. The van der Waals surface area contributed by atoms with E-state index in [9.17, 15) is 4.79 Å². The maximum atomic E-state index is 11.0. The summed E-state index contributed by atoms with van der Waals surface area (Å²) in [4.78, 5) is 20.8. The van der Waals surface area contributed by atoms with Crippen molar-refractivity contribution in [1.29, 1.82) is 0 Å². The Hall–Kier alpha value is -1.53. The molecule has 0 aromatic carbocycles. The van der Waals surface area contributed by atoms with E-state index >= 15 is 0 Å². The van der Waals surface area contributed by atoms with Gasteiger partial charge < -0.3 is 10.2 Å². The van der Waals surface area contributed by atoms with Gasteiger partial charge in [-0.15, -0.1) is 0 Å². The van der Waals surface area contributed by atoms with Gasteiger partial charge in [0.15, 0.2) is 0 Å². The van der Waals surface area contributed by atoms with Crippen molar-refractivity contribution in [2.75, 3.05) is 13.2 Å². The maximum absolute atomic E-state index is 11.0. The molecule has 0 bridgehead atoms. The molecule has 17 heavy (non-hydrogen) atoms. The molecule has 1 fully saturated rings. The normalized spacial score (nSPS) is 15.2. The Kier molecular flexibility index (Phi) is 3.65. The largest absolute Gasteiger partial charge is 0.478 e. The van der Waals surface area contributed by atoms with Gasteiger partial charge in [-0.05, 0) is 12.8 Å². The molecule has 2 rings (SSSR count). The highest BCUT2D eigenvalue weighted by atomic mass is 16.4. The second-order valence-electron chi connectivity index (χ2n) is 4.11. The van der Waals surface area contributed by atoms with E-state index in [0.29, 0.717) is 24.8 Å². The molecule has 2 N–H and O–H groups in total. The fourth-order valence-corrected chi connectivity index (χ4v) is 1.81. The van der Waals surface area contributed by atoms with E-state index < -0.39 is 5.97 Å². The van der Waals surface area contributed by atoms with Crippen LogP contribution in [0.15, 0.2) is 12.5 Å². The van der Waals surface area contributed by atoms with Gasteiger partial charge in [0.25, 0.3) is 0 Å². The van der Waals surface area contributed by atoms with Crippen LogP contribution in [0.3, 0.4) is 0 Å². The van der Waals surface area contributed by atoms with Gasteiger partial charge in [0, 0.05) is 25.3 Å². The number of aliphatic hydroxyl groups excluding tert-OH is 1. The third kappa shape index (κ3) is 2.98. The van der Waals surface area contributed by atoms with Gasteiger partial charge in [-0.25, -0.2) is 14.8 Å². The van der Waals surface area contributed by atoms with Crippen molar-refractivity contribution in [1.82, 2.24) is 14.9 Å². The molecule has 1 aromatic heterocycles. The molecule has 1 aliphatic carbocycles. The summed E-state index contributed by atoms with van der Waals surface area (Å²) in [5, 5.41) is 18.0. The summed E-state index contributed by atoms with van der Waals surface area (Å²) in [6, 6.07) is 0.457. The zero-order chi connectivity index (χ0) is 12.3. The lowest BCUT2D eigenvalue weighted by atomic mass is 10.2. The average Bonchev–Trinajstić information content (AvgIpc) is 3.13. The monoisotopic (exact) mass is 237 g/mol. The Bertz CT molecular complexity index is 407. The molecule has 0 aliphatic heterocycles. The number of aromatic nitrogens is 2. The SMILES string of the molecule is O=C(O)c1cncnc1CN(CCO)C1CC1. The number of hydrogen-bond donors (Lipinski definition) is 2. The molecule has 92 valence electrons. The number of aliphatic hydroxyl groups is 1. The number of carbonyl (C=O) groups is 1. The molecule has 0 amide bonds. The number of carboxylic acids is 1. The molecule has 0 radical (unpaired) electrons. The smallest absolute Gasteiger partial charge is 0.339 e. The maximum Gasteiger partial charge on any atom is 0.339 e. The van der Waals surface area contributed by atoms with Crippen LogP contribution in [0, 0.1) is 0 Å². The van der Waals surface area contributed by atoms with Gasteiger partial charge in [-0.3, -0.25) is 4.90 Å². The van der Waals surface area contributed by atoms with Crippen molar-refractivity contribution in [3.63, 3.8) is 0 Å². The number of hydrogen-bond acceptors (Lipinski definition) is 5. The minimum absolute atomic E-state index is 0.0734. The number of nitrogens with zero attached hydrogens (tertiary/aromatic N) is 3. The molecule has 0 unspecified atom stereocenters. The molecule has 1 aliphatic rings. The first kappa shape index (κ1) is 11.9. The minimum Gasteiger partial charge on any atom is -0.478 e. The first-order valence-electron chi connectivity index (χ1n) is 5.59. The van der Waals surface area contributed by atoms with Crippen LogP contribution in [0.2, 0.25) is 0 Å². The summed E-state index contributed by atoms with van der Waals surface area (Å²) in [7, 11) is 0. The first-order valence-corrected chi connectivity index (χ1v) is 5.59. The lowest BCUT2D eigenvalue weighted by Gasteiger charge is -2.20. The predicted octanol–water partition coefficient (Wildman–Crippen LogP) is 0.131. The van der Waals surface area contributed by atoms with Gasteiger partial charge in [0.05, 0.1) is 12.3 Å². The van der Waals surface area contributed by atoms with Gasteiger partial charge in [0.1, 0.15) is 11.9 Å². The van der Waals surface area contributed by atoms with Crippen LogP contribution < -0.4 is 0 Å². The van der Waals surface area contributed by atoms with E-state index in [1.54, 1.807) is 0 Å². The zero-order valence-corrected chi connectivity index (χ0v) is 9.41. The van der Waals surface area contributed by atoms with Gasteiger partial charge in [-0.1, -0.05) is 0 Å². The third-order valence-corrected chi connectivity index (χ3v) is 2.83. The van der Waals surface area contributed by atoms with Crippen molar-refractivity contribution in [2.24, 2.45) is 0 Å². The highest BCUT2D eigenvalue weighted by Crippen LogP contribution is 2.27. The fraction of sp³-hybridized carbons (Fsp3) is 0.545. The number of aromatic carboxylic acids is 1. The average molecular weight is 237 g/mol. The van der Waals surface area contributed by atoms with Gasteiger partial charge >= 0.3 is 5.97 Å². The summed E-state index contributed by atoms with van der Waals surface area (Å²) in [6.07, 6.45) is 4.88. The lowest BCUT2D eigenvalue weighted by molar-refractivity contribution is 0.0692. The second kappa shape index (κ2) is 5.20. The van der Waals surface area contributed by atoms with Crippen molar-refractivity contribution >= 4 is 5.97 Å². The molecule has 6 nitrogen and oxygen atoms in total. The Morgan fingerprint density at radius 2 is 2.29 bits per heavy atom. The van der Waals surface area contributed by atoms with Crippen LogP contribution in [0.1, 0.15) is 28.9 Å². The van der Waals surface area contributed by atoms with Gasteiger partial charge in [-0.2, -0.15) is 0 Å². The van der Waals surface area contributed by atoms with Crippen molar-refractivity contribution in [2.45, 2.75) is 25.4 Å². The Morgan fingerprint density at radius 3 is 2.88 bits per heavy atom. The van der Waals surface area contributed by atoms with Crippen molar-refractivity contribution in [3.8, 4) is 0 Å². The van der Waals surface area contributed by atoms with Crippen molar-refractivity contribution < 1.29 is 15.0 Å². The Morgan fingerprint density at radius 1 is 1.53 bits per heavy atom. The highest BCUT2D eigenvalue weighted by Gasteiger charge is 2.29. The lowest BCUT2D eigenvalue weighted by Crippen LogP contribution is -2.30.